The van der Waals surface area contributed by atoms with E-state index in [1.807, 2.05) is 0 Å². The molecule has 0 atom stereocenters. The lowest BCUT2D eigenvalue weighted by Crippen LogP contribution is -1.90. The number of halogens is 3. The maximum Gasteiger partial charge on any atom is 0.138 e. The average Bonchev–Trinajstić information content (AvgIpc) is 2.16. The first kappa shape index (κ1) is 10.0. The zero-order valence-electron chi connectivity index (χ0n) is 6.89. The zero-order valence-corrected chi connectivity index (χ0v) is 9.99. The molecule has 2 rings (SSSR count). The molecule has 0 radical (unpaired) electrons. The quantitative estimate of drug-likeness (QED) is 0.591. The van der Waals surface area contributed by atoms with Crippen molar-refractivity contribution in [3.8, 4) is 0 Å². The summed E-state index contributed by atoms with van der Waals surface area (Å²) in [6, 6.07) is 3.45. The minimum absolute atomic E-state index is 0.362. The largest absolute Gasteiger partial charge is 0.398 e. The van der Waals surface area contributed by atoms with Crippen LogP contribution in [-0.4, -0.2) is 4.98 Å². The third-order valence-corrected chi connectivity index (χ3v) is 3.13. The molecule has 0 saturated carbocycles. The van der Waals surface area contributed by atoms with E-state index in [2.05, 4.69) is 20.9 Å². The Morgan fingerprint density at radius 1 is 1.21 bits per heavy atom. The first-order valence-corrected chi connectivity index (χ1v) is 5.34. The van der Waals surface area contributed by atoms with E-state index in [9.17, 15) is 0 Å². The lowest BCUT2D eigenvalue weighted by Gasteiger charge is -2.06. The summed E-state index contributed by atoms with van der Waals surface area (Å²) in [5.74, 6) is 0. The second kappa shape index (κ2) is 3.57. The Bertz CT molecular complexity index is 424. The van der Waals surface area contributed by atoms with Crippen molar-refractivity contribution in [3.05, 3.63) is 33.0 Å². The van der Waals surface area contributed by atoms with Crippen molar-refractivity contribution in [2.24, 2.45) is 0 Å². The minimum Gasteiger partial charge on any atom is -0.398 e. The highest BCUT2D eigenvalue weighted by Crippen LogP contribution is 2.36. The summed E-state index contributed by atoms with van der Waals surface area (Å²) in [6.07, 6.45) is 1.61. The van der Waals surface area contributed by atoms with Crippen LogP contribution < -0.4 is 5.73 Å². The molecule has 2 N–H and O–H groups in total. The van der Waals surface area contributed by atoms with Gasteiger partial charge in [-0.2, -0.15) is 0 Å². The van der Waals surface area contributed by atoms with Crippen LogP contribution in [0.4, 0.5) is 5.69 Å². The Kier molecular flexibility index (Phi) is 2.56. The lowest BCUT2D eigenvalue weighted by molar-refractivity contribution is 1.35. The van der Waals surface area contributed by atoms with Crippen LogP contribution in [0.5, 0.6) is 0 Å². The number of hydrogen-bond donors (Lipinski definition) is 1. The number of hydrogen-bond acceptors (Lipinski definition) is 2. The van der Waals surface area contributed by atoms with Gasteiger partial charge in [0.1, 0.15) is 5.15 Å². The number of rotatable bonds is 0. The van der Waals surface area contributed by atoms with Crippen molar-refractivity contribution < 1.29 is 0 Å². The zero-order chi connectivity index (χ0) is 10.3. The fourth-order valence-electron chi connectivity index (χ4n) is 1.29. The Balaban J connectivity index is 3.05. The molecule has 0 aliphatic rings. The maximum absolute atomic E-state index is 6.01. The van der Waals surface area contributed by atoms with Gasteiger partial charge in [-0.05, 0) is 28.1 Å². The third kappa shape index (κ3) is 1.45. The highest BCUT2D eigenvalue weighted by atomic mass is 79.9. The van der Waals surface area contributed by atoms with Gasteiger partial charge in [-0.15, -0.1) is 0 Å². The van der Waals surface area contributed by atoms with Crippen LogP contribution in [0.2, 0.25) is 10.2 Å². The molecule has 14 heavy (non-hydrogen) atoms. The summed E-state index contributed by atoms with van der Waals surface area (Å²) >= 11 is 15.3. The smallest absolute Gasteiger partial charge is 0.138 e. The Morgan fingerprint density at radius 2 is 1.93 bits per heavy atom. The molecule has 0 unspecified atom stereocenters. The van der Waals surface area contributed by atoms with Gasteiger partial charge in [-0.3, -0.25) is 0 Å². The predicted octanol–water partition coefficient (Wildman–Crippen LogP) is 3.89. The summed E-state index contributed by atoms with van der Waals surface area (Å²) in [5, 5.41) is 2.40. The van der Waals surface area contributed by atoms with E-state index < -0.39 is 0 Å². The van der Waals surface area contributed by atoms with Gasteiger partial charge in [0.25, 0.3) is 0 Å². The summed E-state index contributed by atoms with van der Waals surface area (Å²) < 4.78 is 0.789. The first-order valence-electron chi connectivity index (χ1n) is 3.79. The molecular weight excluding hydrogens is 287 g/mol. The highest BCUT2D eigenvalue weighted by Gasteiger charge is 2.10. The van der Waals surface area contributed by atoms with Crippen LogP contribution in [-0.2, 0) is 0 Å². The second-order valence-electron chi connectivity index (χ2n) is 2.78. The number of nitrogens with two attached hydrogens (primary N) is 1. The van der Waals surface area contributed by atoms with E-state index in [0.29, 0.717) is 21.2 Å². The van der Waals surface area contributed by atoms with Gasteiger partial charge in [0.2, 0.25) is 0 Å². The number of fused-ring (bicyclic) bond motifs is 1. The number of nitrogen functional groups attached to an aromatic ring is 1. The number of anilines is 1. The van der Waals surface area contributed by atoms with Gasteiger partial charge in [-0.25, -0.2) is 4.98 Å². The molecular formula is C9H5BrCl2N2. The molecule has 0 aliphatic carbocycles. The van der Waals surface area contributed by atoms with E-state index >= 15 is 0 Å². The second-order valence-corrected chi connectivity index (χ2v) is 4.40. The van der Waals surface area contributed by atoms with Crippen molar-refractivity contribution in [2.45, 2.75) is 0 Å². The summed E-state index contributed by atoms with van der Waals surface area (Å²) in [4.78, 5) is 3.99. The van der Waals surface area contributed by atoms with Gasteiger partial charge >= 0.3 is 0 Å². The molecule has 2 nitrogen and oxygen atoms in total. The number of benzene rings is 1. The van der Waals surface area contributed by atoms with Gasteiger partial charge < -0.3 is 5.73 Å². The van der Waals surface area contributed by atoms with Crippen molar-refractivity contribution in [1.29, 1.82) is 0 Å². The average molecular weight is 292 g/mol. The lowest BCUT2D eigenvalue weighted by atomic mass is 10.1. The molecule has 1 aromatic carbocycles. The fraction of sp³-hybridized carbons (Fsp3) is 0. The van der Waals surface area contributed by atoms with E-state index in [-0.39, 0.29) is 0 Å². The molecule has 1 aromatic heterocycles. The Labute approximate surface area is 99.1 Å². The Hall–Kier alpha value is -0.510. The molecule has 0 bridgehead atoms. The van der Waals surface area contributed by atoms with Crippen LogP contribution in [0, 0.1) is 0 Å². The molecule has 0 saturated heterocycles. The molecule has 2 aromatic rings. The maximum atomic E-state index is 6.01. The third-order valence-electron chi connectivity index (χ3n) is 1.92. The number of nitrogens with zero attached hydrogens (tertiary/aromatic N) is 1. The van der Waals surface area contributed by atoms with Crippen molar-refractivity contribution in [1.82, 2.24) is 4.98 Å². The number of pyridine rings is 1. The number of aromatic nitrogens is 1. The van der Waals surface area contributed by atoms with E-state index in [1.54, 1.807) is 18.3 Å². The SMILES string of the molecule is Nc1ccc(Cl)c2c(Cl)ncc(Br)c12. The van der Waals surface area contributed by atoms with Crippen molar-refractivity contribution in [3.63, 3.8) is 0 Å². The minimum atomic E-state index is 0.362. The van der Waals surface area contributed by atoms with Crippen molar-refractivity contribution >= 4 is 55.6 Å². The van der Waals surface area contributed by atoms with Gasteiger partial charge in [0.15, 0.2) is 0 Å². The van der Waals surface area contributed by atoms with Gasteiger partial charge in [0.05, 0.1) is 5.02 Å². The van der Waals surface area contributed by atoms with Crippen LogP contribution in [0.25, 0.3) is 10.8 Å². The summed E-state index contributed by atoms with van der Waals surface area (Å²) in [6.45, 7) is 0. The van der Waals surface area contributed by atoms with Gasteiger partial charge in [0, 0.05) is 27.1 Å². The summed E-state index contributed by atoms with van der Waals surface area (Å²) in [5.41, 5.74) is 6.45. The molecule has 5 heteroatoms. The molecule has 0 aliphatic heterocycles. The normalized spacial score (nSPS) is 10.8. The van der Waals surface area contributed by atoms with Crippen LogP contribution in [0.3, 0.4) is 0 Å². The predicted molar refractivity (Wildman–Crippen MR) is 63.9 cm³/mol. The molecule has 0 spiro atoms. The van der Waals surface area contributed by atoms with E-state index in [1.165, 1.54) is 0 Å². The van der Waals surface area contributed by atoms with Crippen LogP contribution >= 0.6 is 39.1 Å². The van der Waals surface area contributed by atoms with Crippen molar-refractivity contribution in [2.75, 3.05) is 5.73 Å². The standard InChI is InChI=1S/C9H5BrCl2N2/c10-4-3-14-9(12)8-5(11)1-2-6(13)7(4)8/h1-3H,13H2. The topological polar surface area (TPSA) is 38.9 Å². The first-order chi connectivity index (χ1) is 6.61. The molecule has 0 amide bonds. The summed E-state index contributed by atoms with van der Waals surface area (Å²) in [7, 11) is 0. The van der Waals surface area contributed by atoms with E-state index in [0.717, 1.165) is 9.86 Å². The fourth-order valence-corrected chi connectivity index (χ4v) is 2.36. The Morgan fingerprint density at radius 3 is 2.57 bits per heavy atom. The van der Waals surface area contributed by atoms with E-state index in [4.69, 9.17) is 28.9 Å². The molecule has 72 valence electrons. The monoisotopic (exact) mass is 290 g/mol. The molecule has 0 fully saturated rings. The van der Waals surface area contributed by atoms with Crippen LogP contribution in [0.15, 0.2) is 22.8 Å². The van der Waals surface area contributed by atoms with Gasteiger partial charge in [-0.1, -0.05) is 23.2 Å². The molecule has 1 heterocycles. The van der Waals surface area contributed by atoms with Crippen LogP contribution in [0.1, 0.15) is 0 Å². The highest BCUT2D eigenvalue weighted by molar-refractivity contribution is 9.10.